The molecule has 6 heteroatoms. The Morgan fingerprint density at radius 3 is 2.56 bits per heavy atom. The molecule has 0 aliphatic rings. The van der Waals surface area contributed by atoms with Crippen molar-refractivity contribution in [3.05, 3.63) is 59.9 Å². The van der Waals surface area contributed by atoms with Crippen LogP contribution < -0.4 is 16.0 Å². The lowest BCUT2D eigenvalue weighted by molar-refractivity contribution is -0.114. The van der Waals surface area contributed by atoms with Gasteiger partial charge in [-0.2, -0.15) is 0 Å². The van der Waals surface area contributed by atoms with Crippen molar-refractivity contribution >= 4 is 23.2 Å². The van der Waals surface area contributed by atoms with E-state index in [0.717, 1.165) is 0 Å². The molecule has 5 nitrogen and oxygen atoms in total. The molecule has 2 amide bonds. The van der Waals surface area contributed by atoms with Crippen molar-refractivity contribution < 1.29 is 14.0 Å². The van der Waals surface area contributed by atoms with Gasteiger partial charge in [-0.05, 0) is 36.2 Å². The highest BCUT2D eigenvalue weighted by molar-refractivity contribution is 6.04. The van der Waals surface area contributed by atoms with Crippen LogP contribution in [0.3, 0.4) is 0 Å². The number of benzene rings is 2. The summed E-state index contributed by atoms with van der Waals surface area (Å²) in [6.45, 7) is 4.53. The summed E-state index contributed by atoms with van der Waals surface area (Å²) in [6, 6.07) is 12.7. The van der Waals surface area contributed by atoms with E-state index in [1.54, 1.807) is 36.4 Å². The van der Waals surface area contributed by atoms with Crippen LogP contribution in [0, 0.1) is 11.7 Å². The lowest BCUT2D eigenvalue weighted by Crippen LogP contribution is -2.29. The van der Waals surface area contributed by atoms with Gasteiger partial charge in [0.2, 0.25) is 5.91 Å². The van der Waals surface area contributed by atoms with Crippen LogP contribution in [0.4, 0.5) is 15.8 Å². The first-order chi connectivity index (χ1) is 12.0. The standard InChI is InChI=1S/C19H22FN3O2/c1-13(2)11-22-19(25)16-8-3-4-9-17(16)23-18(24)12-21-15-7-5-6-14(20)10-15/h3-10,13,21H,11-12H2,1-2H3,(H,22,25)(H,23,24). The molecule has 0 aliphatic heterocycles. The Labute approximate surface area is 146 Å². The zero-order chi connectivity index (χ0) is 18.2. The van der Waals surface area contributed by atoms with E-state index in [0.29, 0.717) is 29.4 Å². The predicted molar refractivity (Wildman–Crippen MR) is 97.1 cm³/mol. The second-order valence-corrected chi connectivity index (χ2v) is 6.06. The fourth-order valence-corrected chi connectivity index (χ4v) is 2.16. The summed E-state index contributed by atoms with van der Waals surface area (Å²) < 4.78 is 13.1. The molecule has 0 fully saturated rings. The van der Waals surface area contributed by atoms with Gasteiger partial charge in [0.05, 0.1) is 17.8 Å². The number of carbonyl (C=O) groups excluding carboxylic acids is 2. The van der Waals surface area contributed by atoms with E-state index >= 15 is 0 Å². The Balaban J connectivity index is 1.97. The van der Waals surface area contributed by atoms with Gasteiger partial charge in [0, 0.05) is 12.2 Å². The number of hydrogen-bond donors (Lipinski definition) is 3. The van der Waals surface area contributed by atoms with Crippen LogP contribution in [-0.4, -0.2) is 24.9 Å². The van der Waals surface area contributed by atoms with Gasteiger partial charge in [-0.3, -0.25) is 9.59 Å². The Morgan fingerprint density at radius 2 is 1.84 bits per heavy atom. The zero-order valence-corrected chi connectivity index (χ0v) is 14.3. The van der Waals surface area contributed by atoms with Crippen molar-refractivity contribution in [3.8, 4) is 0 Å². The van der Waals surface area contributed by atoms with Crippen molar-refractivity contribution in [2.24, 2.45) is 5.92 Å². The third-order valence-corrected chi connectivity index (χ3v) is 3.39. The predicted octanol–water partition coefficient (Wildman–Crippen LogP) is 3.26. The van der Waals surface area contributed by atoms with E-state index in [2.05, 4.69) is 16.0 Å². The monoisotopic (exact) mass is 343 g/mol. The molecule has 2 aromatic carbocycles. The minimum Gasteiger partial charge on any atom is -0.376 e. The summed E-state index contributed by atoms with van der Waals surface area (Å²) in [7, 11) is 0. The highest BCUT2D eigenvalue weighted by Gasteiger charge is 2.13. The largest absolute Gasteiger partial charge is 0.376 e. The molecule has 25 heavy (non-hydrogen) atoms. The molecule has 132 valence electrons. The molecule has 0 heterocycles. The fraction of sp³-hybridized carbons (Fsp3) is 0.263. The SMILES string of the molecule is CC(C)CNC(=O)c1ccccc1NC(=O)CNc1cccc(F)c1. The molecule has 0 atom stereocenters. The van der Waals surface area contributed by atoms with Crippen LogP contribution in [-0.2, 0) is 4.79 Å². The lowest BCUT2D eigenvalue weighted by atomic mass is 10.1. The first-order valence-electron chi connectivity index (χ1n) is 8.12. The molecule has 0 bridgehead atoms. The third kappa shape index (κ3) is 5.91. The topological polar surface area (TPSA) is 70.2 Å². The average Bonchev–Trinajstić information content (AvgIpc) is 2.58. The summed E-state index contributed by atoms with van der Waals surface area (Å²) in [5.41, 5.74) is 1.36. The molecule has 0 aliphatic carbocycles. The van der Waals surface area contributed by atoms with Crippen LogP contribution in [0.15, 0.2) is 48.5 Å². The number of amides is 2. The van der Waals surface area contributed by atoms with Crippen LogP contribution in [0.5, 0.6) is 0 Å². The number of carbonyl (C=O) groups is 2. The van der Waals surface area contributed by atoms with Crippen molar-refractivity contribution in [2.45, 2.75) is 13.8 Å². The molecule has 2 aromatic rings. The zero-order valence-electron chi connectivity index (χ0n) is 14.3. The second kappa shape index (κ2) is 8.82. The normalized spacial score (nSPS) is 10.4. The number of halogens is 1. The van der Waals surface area contributed by atoms with Gasteiger partial charge in [0.25, 0.3) is 5.91 Å². The minimum absolute atomic E-state index is 0.0363. The number of anilines is 2. The Morgan fingerprint density at radius 1 is 1.08 bits per heavy atom. The second-order valence-electron chi connectivity index (χ2n) is 6.06. The average molecular weight is 343 g/mol. The molecule has 0 saturated carbocycles. The molecule has 2 rings (SSSR count). The van der Waals surface area contributed by atoms with Crippen molar-refractivity contribution in [1.29, 1.82) is 0 Å². The van der Waals surface area contributed by atoms with E-state index < -0.39 is 0 Å². The Bertz CT molecular complexity index is 747. The Kier molecular flexibility index (Phi) is 6.51. The summed E-state index contributed by atoms with van der Waals surface area (Å²) >= 11 is 0. The maximum atomic E-state index is 13.1. The maximum absolute atomic E-state index is 13.1. The lowest BCUT2D eigenvalue weighted by Gasteiger charge is -2.13. The van der Waals surface area contributed by atoms with Crippen molar-refractivity contribution in [3.63, 3.8) is 0 Å². The fourth-order valence-electron chi connectivity index (χ4n) is 2.16. The van der Waals surface area contributed by atoms with E-state index in [1.165, 1.54) is 12.1 Å². The molecule has 3 N–H and O–H groups in total. The van der Waals surface area contributed by atoms with Crippen LogP contribution >= 0.6 is 0 Å². The van der Waals surface area contributed by atoms with Gasteiger partial charge >= 0.3 is 0 Å². The first kappa shape index (κ1) is 18.4. The summed E-state index contributed by atoms with van der Waals surface area (Å²) in [5, 5.41) is 8.38. The Hall–Kier alpha value is -2.89. The van der Waals surface area contributed by atoms with Gasteiger partial charge in [-0.15, -0.1) is 0 Å². The van der Waals surface area contributed by atoms with Gasteiger partial charge in [0.15, 0.2) is 0 Å². The number of rotatable bonds is 7. The van der Waals surface area contributed by atoms with E-state index in [1.807, 2.05) is 13.8 Å². The summed E-state index contributed by atoms with van der Waals surface area (Å²) in [5.74, 6) is -0.602. The summed E-state index contributed by atoms with van der Waals surface area (Å²) in [6.07, 6.45) is 0. The van der Waals surface area contributed by atoms with E-state index in [9.17, 15) is 14.0 Å². The first-order valence-corrected chi connectivity index (χ1v) is 8.12. The van der Waals surface area contributed by atoms with Crippen molar-refractivity contribution in [2.75, 3.05) is 23.7 Å². The van der Waals surface area contributed by atoms with E-state index in [4.69, 9.17) is 0 Å². The molecule has 0 aromatic heterocycles. The quantitative estimate of drug-likeness (QED) is 0.723. The van der Waals surface area contributed by atoms with Gasteiger partial charge in [-0.1, -0.05) is 32.0 Å². The van der Waals surface area contributed by atoms with Crippen molar-refractivity contribution in [1.82, 2.24) is 5.32 Å². The third-order valence-electron chi connectivity index (χ3n) is 3.39. The van der Waals surface area contributed by atoms with Gasteiger partial charge < -0.3 is 16.0 Å². The molecule has 0 saturated heterocycles. The van der Waals surface area contributed by atoms with E-state index in [-0.39, 0.29) is 24.2 Å². The molecule has 0 radical (unpaired) electrons. The molecular formula is C19H22FN3O2. The summed E-state index contributed by atoms with van der Waals surface area (Å²) in [4.78, 5) is 24.4. The molecular weight excluding hydrogens is 321 g/mol. The highest BCUT2D eigenvalue weighted by Crippen LogP contribution is 2.15. The highest BCUT2D eigenvalue weighted by atomic mass is 19.1. The van der Waals surface area contributed by atoms with Gasteiger partial charge in [-0.25, -0.2) is 4.39 Å². The van der Waals surface area contributed by atoms with Crippen LogP contribution in [0.1, 0.15) is 24.2 Å². The maximum Gasteiger partial charge on any atom is 0.253 e. The molecule has 0 spiro atoms. The minimum atomic E-state index is -0.377. The molecule has 0 unspecified atom stereocenters. The number of para-hydroxylation sites is 1. The number of hydrogen-bond acceptors (Lipinski definition) is 3. The smallest absolute Gasteiger partial charge is 0.253 e. The van der Waals surface area contributed by atoms with Crippen LogP contribution in [0.25, 0.3) is 0 Å². The van der Waals surface area contributed by atoms with Gasteiger partial charge in [0.1, 0.15) is 5.82 Å². The van der Waals surface area contributed by atoms with Crippen LogP contribution in [0.2, 0.25) is 0 Å². The number of nitrogens with one attached hydrogen (secondary N) is 3.